The number of hydrogen-bond acceptors (Lipinski definition) is 5. The predicted octanol–water partition coefficient (Wildman–Crippen LogP) is 0.727. The maximum atomic E-state index is 12.7. The van der Waals surface area contributed by atoms with E-state index >= 15 is 0 Å². The summed E-state index contributed by atoms with van der Waals surface area (Å²) in [7, 11) is 1.83. The third-order valence-corrected chi connectivity index (χ3v) is 4.80. The molecule has 1 aliphatic heterocycles. The fourth-order valence-electron chi connectivity index (χ4n) is 3.26. The zero-order valence-electron chi connectivity index (χ0n) is 13.8. The van der Waals surface area contributed by atoms with Crippen molar-refractivity contribution >= 4 is 16.9 Å². The van der Waals surface area contributed by atoms with Gasteiger partial charge in [0.05, 0.1) is 11.0 Å². The van der Waals surface area contributed by atoms with Gasteiger partial charge in [-0.2, -0.15) is 0 Å². The molecule has 24 heavy (non-hydrogen) atoms. The number of nitrogens with zero attached hydrogens (tertiary/aromatic N) is 2. The van der Waals surface area contributed by atoms with Gasteiger partial charge in [-0.15, -0.1) is 0 Å². The van der Waals surface area contributed by atoms with Crippen molar-refractivity contribution < 1.29 is 19.7 Å². The van der Waals surface area contributed by atoms with Gasteiger partial charge in [0.15, 0.2) is 0 Å². The van der Waals surface area contributed by atoms with Gasteiger partial charge in [0.25, 0.3) is 5.91 Å². The molecule has 7 heteroatoms. The first-order chi connectivity index (χ1) is 11.6. The van der Waals surface area contributed by atoms with Crippen LogP contribution >= 0.6 is 0 Å². The Morgan fingerprint density at radius 3 is 2.79 bits per heavy atom. The maximum Gasteiger partial charge on any atom is 0.251 e. The lowest BCUT2D eigenvalue weighted by Crippen LogP contribution is -2.52. The molecule has 2 aromatic rings. The fraction of sp³-hybridized carbons (Fsp3) is 0.529. The molecule has 0 bridgehead atoms. The Labute approximate surface area is 140 Å². The van der Waals surface area contributed by atoms with Crippen molar-refractivity contribution in [2.75, 3.05) is 19.8 Å². The van der Waals surface area contributed by atoms with Gasteiger partial charge in [-0.25, -0.2) is 4.98 Å². The van der Waals surface area contributed by atoms with Crippen molar-refractivity contribution in [3.8, 4) is 0 Å². The Kier molecular flexibility index (Phi) is 4.84. The minimum absolute atomic E-state index is 0.0272. The van der Waals surface area contributed by atoms with Gasteiger partial charge in [-0.1, -0.05) is 0 Å². The highest BCUT2D eigenvalue weighted by molar-refractivity contribution is 5.97. The molecule has 0 atom stereocenters. The van der Waals surface area contributed by atoms with Crippen molar-refractivity contribution in [3.05, 3.63) is 29.6 Å². The minimum atomic E-state index is -0.417. The highest BCUT2D eigenvalue weighted by Crippen LogP contribution is 2.25. The Hall–Kier alpha value is -1.96. The maximum absolute atomic E-state index is 12.7. The van der Waals surface area contributed by atoms with Crippen molar-refractivity contribution in [2.24, 2.45) is 7.05 Å². The number of carbonyl (C=O) groups is 1. The molecule has 1 saturated heterocycles. The summed E-state index contributed by atoms with van der Waals surface area (Å²) >= 11 is 0. The first kappa shape index (κ1) is 16.9. The van der Waals surface area contributed by atoms with E-state index in [2.05, 4.69) is 10.3 Å². The number of nitrogens with one attached hydrogen (secondary N) is 1. The van der Waals surface area contributed by atoms with Crippen LogP contribution < -0.4 is 5.32 Å². The van der Waals surface area contributed by atoms with Crippen LogP contribution in [0, 0.1) is 0 Å². The van der Waals surface area contributed by atoms with Crippen LogP contribution in [0.5, 0.6) is 0 Å². The molecule has 0 radical (unpaired) electrons. The molecule has 130 valence electrons. The number of ether oxygens (including phenoxy) is 1. The highest BCUT2D eigenvalue weighted by atomic mass is 16.5. The van der Waals surface area contributed by atoms with Crippen molar-refractivity contribution in [2.45, 2.75) is 31.4 Å². The summed E-state index contributed by atoms with van der Waals surface area (Å²) in [5.41, 5.74) is 1.65. The molecule has 0 spiro atoms. The van der Waals surface area contributed by atoms with Crippen LogP contribution in [-0.4, -0.2) is 51.0 Å². The Bertz CT molecular complexity index is 729. The second-order valence-corrected chi connectivity index (χ2v) is 6.27. The van der Waals surface area contributed by atoms with Crippen LogP contribution in [0.1, 0.15) is 35.4 Å². The van der Waals surface area contributed by atoms with Gasteiger partial charge in [0.2, 0.25) is 0 Å². The summed E-state index contributed by atoms with van der Waals surface area (Å²) in [5, 5.41) is 21.7. The second kappa shape index (κ2) is 6.88. The van der Waals surface area contributed by atoms with E-state index in [0.29, 0.717) is 49.4 Å². The molecule has 3 rings (SSSR count). The quantitative estimate of drug-likeness (QED) is 0.749. The number of aliphatic hydroxyl groups excluding tert-OH is 2. The number of amides is 1. The van der Waals surface area contributed by atoms with Gasteiger partial charge >= 0.3 is 0 Å². The molecular weight excluding hydrogens is 310 g/mol. The van der Waals surface area contributed by atoms with E-state index in [0.717, 1.165) is 5.52 Å². The third-order valence-electron chi connectivity index (χ3n) is 4.80. The van der Waals surface area contributed by atoms with Crippen LogP contribution in [0.2, 0.25) is 0 Å². The van der Waals surface area contributed by atoms with Gasteiger partial charge in [0.1, 0.15) is 12.4 Å². The largest absolute Gasteiger partial charge is 0.396 e. The lowest BCUT2D eigenvalue weighted by atomic mass is 9.86. The summed E-state index contributed by atoms with van der Waals surface area (Å²) in [5.74, 6) is 0.382. The third kappa shape index (κ3) is 3.15. The Morgan fingerprint density at radius 1 is 1.38 bits per heavy atom. The molecule has 7 nitrogen and oxygen atoms in total. The lowest BCUT2D eigenvalue weighted by Gasteiger charge is -2.37. The van der Waals surface area contributed by atoms with Crippen LogP contribution in [0.3, 0.4) is 0 Å². The van der Waals surface area contributed by atoms with Crippen molar-refractivity contribution in [1.82, 2.24) is 14.9 Å². The Balaban J connectivity index is 1.84. The molecule has 1 aliphatic rings. The first-order valence-corrected chi connectivity index (χ1v) is 8.16. The predicted molar refractivity (Wildman–Crippen MR) is 88.6 cm³/mol. The lowest BCUT2D eigenvalue weighted by molar-refractivity contribution is 0.0267. The fourth-order valence-corrected chi connectivity index (χ4v) is 3.26. The average molecular weight is 333 g/mol. The number of fused-ring (bicyclic) bond motifs is 1. The van der Waals surface area contributed by atoms with Gasteiger partial charge < -0.3 is 24.8 Å². The monoisotopic (exact) mass is 333 g/mol. The minimum Gasteiger partial charge on any atom is -0.396 e. The van der Waals surface area contributed by atoms with E-state index < -0.39 is 5.54 Å². The SMILES string of the molecule is Cn1c(CO)nc2cc(C(=O)NC3(CCO)CCOCC3)ccc21. The summed E-state index contributed by atoms with van der Waals surface area (Å²) < 4.78 is 7.18. The van der Waals surface area contributed by atoms with E-state index in [1.165, 1.54) is 0 Å². The number of benzene rings is 1. The van der Waals surface area contributed by atoms with Gasteiger partial charge in [-0.05, 0) is 37.5 Å². The number of imidazole rings is 1. The molecule has 0 saturated carbocycles. The molecule has 1 aromatic carbocycles. The molecule has 3 N–H and O–H groups in total. The van der Waals surface area contributed by atoms with Gasteiger partial charge in [-0.3, -0.25) is 4.79 Å². The smallest absolute Gasteiger partial charge is 0.251 e. The number of carbonyl (C=O) groups excluding carboxylic acids is 1. The zero-order valence-corrected chi connectivity index (χ0v) is 13.8. The van der Waals surface area contributed by atoms with Gasteiger partial charge in [0, 0.05) is 38.0 Å². The molecule has 0 aliphatic carbocycles. The van der Waals surface area contributed by atoms with E-state index in [-0.39, 0.29) is 19.1 Å². The summed E-state index contributed by atoms with van der Waals surface area (Å²) in [6.07, 6.45) is 1.90. The van der Waals surface area contributed by atoms with Crippen molar-refractivity contribution in [3.63, 3.8) is 0 Å². The van der Waals surface area contributed by atoms with Crippen LogP contribution in [0.4, 0.5) is 0 Å². The number of aromatic nitrogens is 2. The normalized spacial score (nSPS) is 17.1. The van der Waals surface area contributed by atoms with E-state index in [4.69, 9.17) is 4.74 Å². The highest BCUT2D eigenvalue weighted by Gasteiger charge is 2.33. The summed E-state index contributed by atoms with van der Waals surface area (Å²) in [6.45, 7) is 1.05. The topological polar surface area (TPSA) is 96.6 Å². The average Bonchev–Trinajstić information content (AvgIpc) is 2.91. The summed E-state index contributed by atoms with van der Waals surface area (Å²) in [6, 6.07) is 5.32. The molecule has 2 heterocycles. The Morgan fingerprint density at radius 2 is 2.12 bits per heavy atom. The molecular formula is C17H23N3O4. The zero-order chi connectivity index (χ0) is 17.2. The molecule has 1 aromatic heterocycles. The molecule has 1 amide bonds. The number of hydrogen-bond donors (Lipinski definition) is 3. The first-order valence-electron chi connectivity index (χ1n) is 8.16. The van der Waals surface area contributed by atoms with Crippen LogP contribution in [0.15, 0.2) is 18.2 Å². The molecule has 0 unspecified atom stereocenters. The number of aliphatic hydroxyl groups is 2. The van der Waals surface area contributed by atoms with Crippen LogP contribution in [0.25, 0.3) is 11.0 Å². The van der Waals surface area contributed by atoms with E-state index in [1.807, 2.05) is 17.7 Å². The van der Waals surface area contributed by atoms with E-state index in [9.17, 15) is 15.0 Å². The molecule has 1 fully saturated rings. The van der Waals surface area contributed by atoms with Crippen molar-refractivity contribution in [1.29, 1.82) is 0 Å². The second-order valence-electron chi connectivity index (χ2n) is 6.27. The number of rotatable bonds is 5. The number of aryl methyl sites for hydroxylation is 1. The van der Waals surface area contributed by atoms with E-state index in [1.54, 1.807) is 12.1 Å². The van der Waals surface area contributed by atoms with Crippen LogP contribution in [-0.2, 0) is 18.4 Å². The summed E-state index contributed by atoms with van der Waals surface area (Å²) in [4.78, 5) is 17.0. The standard InChI is InChI=1S/C17H23N3O4/c1-20-14-3-2-12(10-13(14)18-15(20)11-22)16(23)19-17(4-7-21)5-8-24-9-6-17/h2-3,10,21-22H,4-9,11H2,1H3,(H,19,23).